The lowest BCUT2D eigenvalue weighted by Crippen LogP contribution is -2.60. The van der Waals surface area contributed by atoms with E-state index in [9.17, 15) is 19.2 Å². The summed E-state index contributed by atoms with van der Waals surface area (Å²) in [5.41, 5.74) is 0.892. The van der Waals surface area contributed by atoms with Crippen LogP contribution in [0, 0.1) is 11.3 Å². The third kappa shape index (κ3) is 6.22. The number of likely N-dealkylation sites (N-methyl/N-ethyl adjacent to an activating group) is 1. The summed E-state index contributed by atoms with van der Waals surface area (Å²) >= 11 is 0. The number of allylic oxidation sites excluding steroid dienone is 1. The first kappa shape index (κ1) is 27.6. The number of fused-ring (bicyclic) bond motifs is 1. The lowest BCUT2D eigenvalue weighted by Gasteiger charge is -2.38. The van der Waals surface area contributed by atoms with Gasteiger partial charge in [-0.05, 0) is 56.2 Å². The maximum absolute atomic E-state index is 13.8. The van der Waals surface area contributed by atoms with Crippen molar-refractivity contribution in [2.75, 3.05) is 13.6 Å². The molecule has 5 atom stereocenters. The van der Waals surface area contributed by atoms with Crippen molar-refractivity contribution in [3.63, 3.8) is 0 Å². The van der Waals surface area contributed by atoms with E-state index in [-0.39, 0.29) is 42.0 Å². The quantitative estimate of drug-likeness (QED) is 0.359. The predicted octanol–water partition coefficient (Wildman–Crippen LogP) is 2.23. The Bertz CT molecular complexity index is 998. The summed E-state index contributed by atoms with van der Waals surface area (Å²) in [5.74, 6) is -0.213. The fraction of sp³-hybridized carbons (Fsp3) is 0.571. The van der Waals surface area contributed by atoms with Crippen molar-refractivity contribution in [2.45, 2.75) is 77.5 Å². The van der Waals surface area contributed by atoms with Crippen molar-refractivity contribution >= 4 is 23.5 Å². The van der Waals surface area contributed by atoms with Gasteiger partial charge in [0.2, 0.25) is 17.7 Å². The summed E-state index contributed by atoms with van der Waals surface area (Å²) in [6.45, 7) is 11.7. The molecule has 5 unspecified atom stereocenters. The first-order chi connectivity index (χ1) is 17.0. The van der Waals surface area contributed by atoms with E-state index >= 15 is 0 Å². The van der Waals surface area contributed by atoms with Crippen LogP contribution in [-0.4, -0.2) is 66.2 Å². The normalized spacial score (nSPS) is 22.9. The zero-order chi connectivity index (χ0) is 26.6. The van der Waals surface area contributed by atoms with E-state index in [1.165, 1.54) is 6.08 Å². The number of likely N-dealkylation sites (tertiary alicyclic amines) is 1. The van der Waals surface area contributed by atoms with Crippen LogP contribution in [0.2, 0.25) is 0 Å². The van der Waals surface area contributed by atoms with Crippen molar-refractivity contribution < 1.29 is 19.2 Å². The van der Waals surface area contributed by atoms with Crippen LogP contribution in [0.4, 0.5) is 0 Å². The van der Waals surface area contributed by atoms with Crippen LogP contribution >= 0.6 is 0 Å². The second-order valence-electron chi connectivity index (χ2n) is 11.1. The maximum atomic E-state index is 13.8. The molecule has 8 heteroatoms. The molecule has 3 N–H and O–H groups in total. The number of rotatable bonds is 9. The van der Waals surface area contributed by atoms with E-state index in [4.69, 9.17) is 0 Å². The largest absolute Gasteiger partial charge is 0.351 e. The number of ketones is 1. The first-order valence-electron chi connectivity index (χ1n) is 12.8. The zero-order valence-electron chi connectivity index (χ0n) is 22.1. The predicted molar refractivity (Wildman–Crippen MR) is 139 cm³/mol. The van der Waals surface area contributed by atoms with Gasteiger partial charge in [-0.3, -0.25) is 19.2 Å². The van der Waals surface area contributed by atoms with Crippen molar-refractivity contribution in [1.82, 2.24) is 20.9 Å². The molecule has 0 aromatic heterocycles. The highest BCUT2D eigenvalue weighted by molar-refractivity contribution is 6.04. The van der Waals surface area contributed by atoms with Crippen molar-refractivity contribution in [2.24, 2.45) is 11.3 Å². The summed E-state index contributed by atoms with van der Waals surface area (Å²) in [6, 6.07) is 5.70. The van der Waals surface area contributed by atoms with Gasteiger partial charge in [0, 0.05) is 18.2 Å². The van der Waals surface area contributed by atoms with Crippen LogP contribution in [0.3, 0.4) is 0 Å². The van der Waals surface area contributed by atoms with E-state index in [1.54, 1.807) is 38.2 Å². The average Bonchev–Trinajstić information content (AvgIpc) is 3.43. The second kappa shape index (κ2) is 11.4. The van der Waals surface area contributed by atoms with Gasteiger partial charge in [0.1, 0.15) is 6.04 Å². The minimum Gasteiger partial charge on any atom is -0.351 e. The second-order valence-corrected chi connectivity index (χ2v) is 11.1. The Hall–Kier alpha value is -3.00. The molecule has 8 nitrogen and oxygen atoms in total. The molecule has 2 aliphatic rings. The number of nitrogens with one attached hydrogen (secondary N) is 3. The highest BCUT2D eigenvalue weighted by Crippen LogP contribution is 2.39. The lowest BCUT2D eigenvalue weighted by molar-refractivity contribution is -0.141. The highest BCUT2D eigenvalue weighted by Gasteiger charge is 2.49. The summed E-state index contributed by atoms with van der Waals surface area (Å²) in [6.07, 6.45) is 4.15. The Kier molecular flexibility index (Phi) is 8.71. The molecule has 1 saturated carbocycles. The number of carbonyl (C=O) groups is 4. The molecule has 3 amide bonds. The molecule has 0 bridgehead atoms. The molecule has 196 valence electrons. The number of hydrogen-bond acceptors (Lipinski definition) is 5. The zero-order valence-corrected chi connectivity index (χ0v) is 22.1. The Morgan fingerprint density at radius 2 is 1.78 bits per heavy atom. The van der Waals surface area contributed by atoms with Crippen LogP contribution in [0.25, 0.3) is 0 Å². The number of nitrogens with zero attached hydrogens (tertiary/aromatic N) is 1. The van der Waals surface area contributed by atoms with Gasteiger partial charge in [-0.1, -0.05) is 51.6 Å². The summed E-state index contributed by atoms with van der Waals surface area (Å²) in [4.78, 5) is 52.9. The Labute approximate surface area is 214 Å². The fourth-order valence-electron chi connectivity index (χ4n) is 5.28. The average molecular weight is 497 g/mol. The van der Waals surface area contributed by atoms with Crippen LogP contribution in [0.1, 0.15) is 62.9 Å². The first-order valence-corrected chi connectivity index (χ1v) is 12.8. The van der Waals surface area contributed by atoms with E-state index in [2.05, 4.69) is 22.5 Å². The molecule has 1 aliphatic carbocycles. The molecular weight excluding hydrogens is 456 g/mol. The fourth-order valence-corrected chi connectivity index (χ4v) is 5.28. The van der Waals surface area contributed by atoms with Crippen LogP contribution < -0.4 is 16.0 Å². The van der Waals surface area contributed by atoms with Gasteiger partial charge >= 0.3 is 0 Å². The van der Waals surface area contributed by atoms with E-state index in [0.29, 0.717) is 18.0 Å². The molecule has 0 radical (unpaired) electrons. The molecular formula is C28H40N4O4. The Balaban J connectivity index is 1.69. The van der Waals surface area contributed by atoms with E-state index < -0.39 is 17.5 Å². The van der Waals surface area contributed by atoms with Gasteiger partial charge in [-0.2, -0.15) is 0 Å². The topological polar surface area (TPSA) is 108 Å². The molecule has 1 aliphatic heterocycles. The van der Waals surface area contributed by atoms with Gasteiger partial charge in [-0.15, -0.1) is 0 Å². The minimum atomic E-state index is -0.659. The molecule has 0 spiro atoms. The molecule has 3 rings (SSSR count). The molecule has 1 aromatic carbocycles. The van der Waals surface area contributed by atoms with Crippen LogP contribution in [-0.2, 0) is 20.8 Å². The van der Waals surface area contributed by atoms with E-state index in [0.717, 1.165) is 24.8 Å². The Morgan fingerprint density at radius 3 is 2.36 bits per heavy atom. The van der Waals surface area contributed by atoms with Crippen molar-refractivity contribution in [3.05, 3.63) is 48.0 Å². The molecule has 1 aromatic rings. The number of hydrogen-bond donors (Lipinski definition) is 3. The smallest absolute Gasteiger partial charge is 0.246 e. The highest BCUT2D eigenvalue weighted by atomic mass is 16.2. The van der Waals surface area contributed by atoms with Gasteiger partial charge < -0.3 is 20.9 Å². The van der Waals surface area contributed by atoms with Crippen molar-refractivity contribution in [3.8, 4) is 0 Å². The van der Waals surface area contributed by atoms with Gasteiger partial charge in [0.25, 0.3) is 0 Å². The molecule has 1 saturated heterocycles. The SMILES string of the molecule is C=CC(=O)c1ccc(CC(=O)NC2CCC3CCN(C(=O)C(NC(=O)C(C)NC)C(C)(C)C)C32)cc1. The van der Waals surface area contributed by atoms with Gasteiger partial charge in [0.05, 0.1) is 18.5 Å². The molecule has 1 heterocycles. The summed E-state index contributed by atoms with van der Waals surface area (Å²) < 4.78 is 0. The van der Waals surface area contributed by atoms with Crippen LogP contribution in [0.15, 0.2) is 36.9 Å². The number of carbonyl (C=O) groups excluding carboxylic acids is 4. The Morgan fingerprint density at radius 1 is 1.11 bits per heavy atom. The maximum Gasteiger partial charge on any atom is 0.246 e. The minimum absolute atomic E-state index is 0.0717. The monoisotopic (exact) mass is 496 g/mol. The summed E-state index contributed by atoms with van der Waals surface area (Å²) in [7, 11) is 1.71. The van der Waals surface area contributed by atoms with Gasteiger partial charge in [-0.25, -0.2) is 0 Å². The third-order valence-corrected chi connectivity index (χ3v) is 7.49. The molecule has 36 heavy (non-hydrogen) atoms. The van der Waals surface area contributed by atoms with Crippen LogP contribution in [0.5, 0.6) is 0 Å². The number of amides is 3. The third-order valence-electron chi connectivity index (χ3n) is 7.49. The van der Waals surface area contributed by atoms with Gasteiger partial charge in [0.15, 0.2) is 5.78 Å². The summed E-state index contributed by atoms with van der Waals surface area (Å²) in [5, 5.41) is 9.05. The standard InChI is InChI=1S/C28H40N4O4/c1-7-22(33)19-10-8-18(9-11-19)16-23(34)30-21-13-12-20-14-15-32(24(20)21)27(36)25(28(3,4)5)31-26(35)17(2)29-6/h7-11,17,20-21,24-25,29H,1,12-16H2,2-6H3,(H,30,34)(H,31,35). The number of benzene rings is 1. The van der Waals surface area contributed by atoms with E-state index in [1.807, 2.05) is 25.7 Å². The van der Waals surface area contributed by atoms with Crippen molar-refractivity contribution in [1.29, 1.82) is 0 Å². The lowest BCUT2D eigenvalue weighted by atomic mass is 9.85. The molecule has 2 fully saturated rings.